The average molecular weight is 305 g/mol. The van der Waals surface area contributed by atoms with Gasteiger partial charge in [0.1, 0.15) is 0 Å². The minimum atomic E-state index is -0.990. The molecule has 0 spiro atoms. The van der Waals surface area contributed by atoms with Crippen LogP contribution in [0.3, 0.4) is 0 Å². The number of aliphatic carboxylic acids is 1. The van der Waals surface area contributed by atoms with Gasteiger partial charge < -0.3 is 10.4 Å². The van der Waals surface area contributed by atoms with Crippen LogP contribution in [0.15, 0.2) is 24.3 Å². The number of carboxylic acid groups (broad SMARTS) is 1. The van der Waals surface area contributed by atoms with Crippen molar-refractivity contribution in [2.45, 2.75) is 31.4 Å². The minimum absolute atomic E-state index is 0.0208. The summed E-state index contributed by atoms with van der Waals surface area (Å²) in [5, 5.41) is 11.6. The van der Waals surface area contributed by atoms with E-state index in [9.17, 15) is 9.59 Å². The summed E-state index contributed by atoms with van der Waals surface area (Å²) in [6, 6.07) is 5.51. The van der Waals surface area contributed by atoms with Crippen molar-refractivity contribution < 1.29 is 14.7 Å². The summed E-state index contributed by atoms with van der Waals surface area (Å²) in [5.74, 6) is 0.0492. The fourth-order valence-corrected chi connectivity index (χ4v) is 3.47. The van der Waals surface area contributed by atoms with Crippen LogP contribution in [0.5, 0.6) is 0 Å². The van der Waals surface area contributed by atoms with Gasteiger partial charge in [-0.1, -0.05) is 12.1 Å². The molecule has 2 N–H and O–H groups in total. The minimum Gasteiger partial charge on any atom is -0.478 e. The quantitative estimate of drug-likeness (QED) is 0.838. The predicted octanol–water partition coefficient (Wildman–Crippen LogP) is 3.32. The number of rotatable bonds is 4. The Bertz CT molecular complexity index is 589. The van der Waals surface area contributed by atoms with Crippen LogP contribution in [-0.2, 0) is 9.59 Å². The van der Waals surface area contributed by atoms with E-state index < -0.39 is 5.97 Å². The second-order valence-corrected chi connectivity index (χ2v) is 6.98. The van der Waals surface area contributed by atoms with Gasteiger partial charge >= 0.3 is 5.97 Å². The SMILES string of the molecule is Cc1ccc(/C=C/C(=O)O)cc1NC(=O)C1(C)CCCS1. The van der Waals surface area contributed by atoms with Crippen LogP contribution >= 0.6 is 11.8 Å². The van der Waals surface area contributed by atoms with Crippen molar-refractivity contribution in [1.29, 1.82) is 0 Å². The van der Waals surface area contributed by atoms with Crippen LogP contribution < -0.4 is 5.32 Å². The third kappa shape index (κ3) is 3.88. The van der Waals surface area contributed by atoms with E-state index in [4.69, 9.17) is 5.11 Å². The number of aryl methyl sites for hydroxylation is 1. The van der Waals surface area contributed by atoms with Crippen molar-refractivity contribution >= 4 is 35.4 Å². The lowest BCUT2D eigenvalue weighted by atomic mass is 10.0. The number of carbonyl (C=O) groups is 2. The molecule has 1 amide bonds. The fourth-order valence-electron chi connectivity index (χ4n) is 2.26. The maximum absolute atomic E-state index is 12.4. The number of anilines is 1. The lowest BCUT2D eigenvalue weighted by Gasteiger charge is -2.22. The molecule has 1 unspecified atom stereocenters. The number of hydrogen-bond acceptors (Lipinski definition) is 3. The summed E-state index contributed by atoms with van der Waals surface area (Å²) < 4.78 is -0.362. The predicted molar refractivity (Wildman–Crippen MR) is 86.6 cm³/mol. The van der Waals surface area contributed by atoms with E-state index in [0.717, 1.165) is 41.5 Å². The van der Waals surface area contributed by atoms with Crippen molar-refractivity contribution in [3.05, 3.63) is 35.4 Å². The number of thioether (sulfide) groups is 1. The molecule has 1 aromatic rings. The molecule has 1 atom stereocenters. The summed E-state index contributed by atoms with van der Waals surface area (Å²) >= 11 is 1.69. The normalized spacial score (nSPS) is 21.6. The summed E-state index contributed by atoms with van der Waals surface area (Å²) in [7, 11) is 0. The van der Waals surface area contributed by atoms with Crippen LogP contribution in [-0.4, -0.2) is 27.5 Å². The van der Waals surface area contributed by atoms with Gasteiger partial charge in [-0.15, -0.1) is 11.8 Å². The second-order valence-electron chi connectivity index (χ2n) is 5.38. The Morgan fingerprint density at radius 1 is 1.43 bits per heavy atom. The first-order valence-corrected chi connectivity index (χ1v) is 7.86. The zero-order valence-electron chi connectivity index (χ0n) is 12.2. The zero-order valence-corrected chi connectivity index (χ0v) is 13.0. The molecule has 1 heterocycles. The molecular weight excluding hydrogens is 286 g/mol. The van der Waals surface area contributed by atoms with E-state index in [-0.39, 0.29) is 10.7 Å². The number of carbonyl (C=O) groups excluding carboxylic acids is 1. The van der Waals surface area contributed by atoms with Gasteiger partial charge in [-0.25, -0.2) is 4.79 Å². The molecule has 0 aliphatic carbocycles. The Hall–Kier alpha value is -1.75. The Morgan fingerprint density at radius 2 is 2.19 bits per heavy atom. The molecular formula is C16H19NO3S. The zero-order chi connectivity index (χ0) is 15.5. The van der Waals surface area contributed by atoms with E-state index in [0.29, 0.717) is 0 Å². The van der Waals surface area contributed by atoms with Gasteiger partial charge in [0.2, 0.25) is 5.91 Å². The molecule has 0 radical (unpaired) electrons. The molecule has 2 rings (SSSR count). The summed E-state index contributed by atoms with van der Waals surface area (Å²) in [4.78, 5) is 23.0. The van der Waals surface area contributed by atoms with E-state index in [1.807, 2.05) is 26.0 Å². The lowest BCUT2D eigenvalue weighted by Crippen LogP contribution is -2.34. The van der Waals surface area contributed by atoms with Gasteiger partial charge in [-0.2, -0.15) is 0 Å². The first kappa shape index (κ1) is 15.6. The monoisotopic (exact) mass is 305 g/mol. The number of benzene rings is 1. The summed E-state index contributed by atoms with van der Waals surface area (Å²) in [6.45, 7) is 3.90. The average Bonchev–Trinajstić information content (AvgIpc) is 2.88. The first-order valence-electron chi connectivity index (χ1n) is 6.88. The number of carboxylic acids is 1. The van der Waals surface area contributed by atoms with E-state index in [1.54, 1.807) is 17.8 Å². The molecule has 1 aliphatic rings. The molecule has 112 valence electrons. The number of hydrogen-bond donors (Lipinski definition) is 2. The van der Waals surface area contributed by atoms with Crippen molar-refractivity contribution in [3.8, 4) is 0 Å². The van der Waals surface area contributed by atoms with Crippen LogP contribution in [0.1, 0.15) is 30.9 Å². The largest absolute Gasteiger partial charge is 0.478 e. The van der Waals surface area contributed by atoms with Crippen molar-refractivity contribution in [2.24, 2.45) is 0 Å². The molecule has 0 aromatic heterocycles. The number of amides is 1. The van der Waals surface area contributed by atoms with Crippen molar-refractivity contribution in [1.82, 2.24) is 0 Å². The molecule has 1 aromatic carbocycles. The van der Waals surface area contributed by atoms with Gasteiger partial charge in [0.15, 0.2) is 0 Å². The second kappa shape index (κ2) is 6.35. The maximum Gasteiger partial charge on any atom is 0.328 e. The lowest BCUT2D eigenvalue weighted by molar-refractivity contribution is -0.131. The first-order chi connectivity index (χ1) is 9.90. The number of nitrogens with one attached hydrogen (secondary N) is 1. The molecule has 0 saturated carbocycles. The highest BCUT2D eigenvalue weighted by Crippen LogP contribution is 2.38. The molecule has 5 heteroatoms. The highest BCUT2D eigenvalue weighted by atomic mass is 32.2. The van der Waals surface area contributed by atoms with Gasteiger partial charge in [0.05, 0.1) is 4.75 Å². The third-order valence-corrected chi connectivity index (χ3v) is 5.15. The van der Waals surface area contributed by atoms with Gasteiger partial charge in [-0.05, 0) is 55.7 Å². The van der Waals surface area contributed by atoms with Gasteiger partial charge in [0, 0.05) is 11.8 Å². The molecule has 4 nitrogen and oxygen atoms in total. The molecule has 1 fully saturated rings. The van der Waals surface area contributed by atoms with E-state index >= 15 is 0 Å². The maximum atomic E-state index is 12.4. The van der Waals surface area contributed by atoms with Crippen LogP contribution in [0, 0.1) is 6.92 Å². The fraction of sp³-hybridized carbons (Fsp3) is 0.375. The van der Waals surface area contributed by atoms with E-state index in [2.05, 4.69) is 5.32 Å². The summed E-state index contributed by atoms with van der Waals surface area (Å²) in [6.07, 6.45) is 4.56. The van der Waals surface area contributed by atoms with E-state index in [1.165, 1.54) is 6.08 Å². The topological polar surface area (TPSA) is 66.4 Å². The smallest absolute Gasteiger partial charge is 0.328 e. The molecule has 0 bridgehead atoms. The van der Waals surface area contributed by atoms with Crippen molar-refractivity contribution in [2.75, 3.05) is 11.1 Å². The Morgan fingerprint density at radius 3 is 2.81 bits per heavy atom. The highest BCUT2D eigenvalue weighted by Gasteiger charge is 2.37. The molecule has 1 aliphatic heterocycles. The van der Waals surface area contributed by atoms with Crippen LogP contribution in [0.4, 0.5) is 5.69 Å². The Labute approximate surface area is 128 Å². The Balaban J connectivity index is 2.17. The van der Waals surface area contributed by atoms with Gasteiger partial charge in [-0.3, -0.25) is 4.79 Å². The molecule has 1 saturated heterocycles. The van der Waals surface area contributed by atoms with Crippen LogP contribution in [0.25, 0.3) is 6.08 Å². The Kier molecular flexibility index (Phi) is 4.73. The van der Waals surface area contributed by atoms with Crippen molar-refractivity contribution in [3.63, 3.8) is 0 Å². The molecule has 21 heavy (non-hydrogen) atoms. The highest BCUT2D eigenvalue weighted by molar-refractivity contribution is 8.01. The standard InChI is InChI=1S/C16H19NO3S/c1-11-4-5-12(6-7-14(18)19)10-13(11)17-15(20)16(2)8-3-9-21-16/h4-7,10H,3,8-9H2,1-2H3,(H,17,20)(H,18,19)/b7-6+. The summed E-state index contributed by atoms with van der Waals surface area (Å²) in [5.41, 5.74) is 2.45. The third-order valence-electron chi connectivity index (χ3n) is 3.63. The van der Waals surface area contributed by atoms with Crippen LogP contribution in [0.2, 0.25) is 0 Å². The van der Waals surface area contributed by atoms with Gasteiger partial charge in [0.25, 0.3) is 0 Å².